The summed E-state index contributed by atoms with van der Waals surface area (Å²) in [6, 6.07) is 3.52. The second-order valence-electron chi connectivity index (χ2n) is 7.37. The summed E-state index contributed by atoms with van der Waals surface area (Å²) in [7, 11) is 0. The van der Waals surface area contributed by atoms with Crippen LogP contribution in [0.25, 0.3) is 0 Å². The molecule has 1 aliphatic heterocycles. The van der Waals surface area contributed by atoms with Crippen LogP contribution in [0.4, 0.5) is 11.4 Å². The third-order valence-corrected chi connectivity index (χ3v) is 7.68. The number of nitrogens with zero attached hydrogens (tertiary/aromatic N) is 3. The van der Waals surface area contributed by atoms with E-state index in [1.54, 1.807) is 6.33 Å². The first-order chi connectivity index (χ1) is 13.9. The molecule has 152 valence electrons. The first-order valence-corrected chi connectivity index (χ1v) is 11.2. The monoisotopic (exact) mass is 432 g/mol. The summed E-state index contributed by atoms with van der Waals surface area (Å²) < 4.78 is 0. The van der Waals surface area contributed by atoms with Crippen LogP contribution < -0.4 is 5.32 Å². The Kier molecular flexibility index (Phi) is 5.64. The fourth-order valence-corrected chi connectivity index (χ4v) is 6.44. The number of nitro groups is 1. The quantitative estimate of drug-likeness (QED) is 0.237. The van der Waals surface area contributed by atoms with Crippen LogP contribution >= 0.6 is 23.5 Å². The van der Waals surface area contributed by atoms with E-state index < -0.39 is 4.92 Å². The van der Waals surface area contributed by atoms with Gasteiger partial charge in [0.05, 0.1) is 16.4 Å². The van der Waals surface area contributed by atoms with Gasteiger partial charge < -0.3 is 10.4 Å². The topological polar surface area (TPSA) is 118 Å². The maximum absolute atomic E-state index is 12.4. The average Bonchev–Trinajstić information content (AvgIpc) is 3.05. The zero-order valence-corrected chi connectivity index (χ0v) is 17.3. The van der Waals surface area contributed by atoms with E-state index in [0.717, 1.165) is 34.0 Å². The summed E-state index contributed by atoms with van der Waals surface area (Å²) in [6.07, 6.45) is 5.01. The van der Waals surface area contributed by atoms with Crippen LogP contribution in [0.15, 0.2) is 34.6 Å². The Hall–Kier alpha value is -2.33. The number of rotatable bonds is 5. The van der Waals surface area contributed by atoms with E-state index in [0.29, 0.717) is 11.2 Å². The highest BCUT2D eigenvalue weighted by Crippen LogP contribution is 2.54. The normalized spacial score (nSPS) is 22.6. The Morgan fingerprint density at radius 3 is 3.03 bits per heavy atom. The van der Waals surface area contributed by atoms with Gasteiger partial charge in [-0.25, -0.2) is 9.97 Å². The zero-order chi connectivity index (χ0) is 20.5. The average molecular weight is 433 g/mol. The van der Waals surface area contributed by atoms with Crippen molar-refractivity contribution in [2.45, 2.75) is 47.4 Å². The van der Waals surface area contributed by atoms with Gasteiger partial charge in [0.25, 0.3) is 5.69 Å². The van der Waals surface area contributed by atoms with E-state index in [1.165, 1.54) is 36.7 Å². The number of aromatic nitrogens is 2. The molecule has 0 saturated heterocycles. The standard InChI is InChI=1S/C19H20N4O4S2/c1-10-2-4-12-15(6-10)29-19-17(12)18(20-9-21-19)28-8-16(25)22-13-7-11(23(26)27)3-5-14(13)24/h3,5,7,9-10,12,15,24H,2,4,6,8H2,1H3,(H,22,25). The minimum atomic E-state index is -0.576. The lowest BCUT2D eigenvalue weighted by Crippen LogP contribution is -2.21. The van der Waals surface area contributed by atoms with Crippen molar-refractivity contribution in [1.29, 1.82) is 0 Å². The number of fused-ring (bicyclic) bond motifs is 3. The lowest BCUT2D eigenvalue weighted by atomic mass is 9.80. The van der Waals surface area contributed by atoms with Crippen molar-refractivity contribution in [1.82, 2.24) is 9.97 Å². The van der Waals surface area contributed by atoms with Gasteiger partial charge in [-0.2, -0.15) is 0 Å². The molecule has 2 aliphatic rings. The summed E-state index contributed by atoms with van der Waals surface area (Å²) in [4.78, 5) is 31.6. The Labute approximate surface area is 176 Å². The van der Waals surface area contributed by atoms with Gasteiger partial charge in [0.1, 0.15) is 22.1 Å². The van der Waals surface area contributed by atoms with Crippen LogP contribution in [0.5, 0.6) is 5.75 Å². The number of thioether (sulfide) groups is 2. The van der Waals surface area contributed by atoms with Crippen molar-refractivity contribution in [2.75, 3.05) is 11.1 Å². The molecular formula is C19H20N4O4S2. The van der Waals surface area contributed by atoms with Gasteiger partial charge in [0.15, 0.2) is 0 Å². The van der Waals surface area contributed by atoms with Crippen molar-refractivity contribution in [2.24, 2.45) is 5.92 Å². The van der Waals surface area contributed by atoms with Gasteiger partial charge in [-0.05, 0) is 24.8 Å². The fourth-order valence-electron chi connectivity index (χ4n) is 3.88. The van der Waals surface area contributed by atoms with E-state index in [9.17, 15) is 20.0 Å². The number of amides is 1. The number of benzene rings is 1. The van der Waals surface area contributed by atoms with Crippen LogP contribution in [-0.2, 0) is 4.79 Å². The number of carbonyl (C=O) groups excluding carboxylic acids is 1. The maximum atomic E-state index is 12.4. The number of hydrogen-bond acceptors (Lipinski definition) is 8. The van der Waals surface area contributed by atoms with E-state index in [1.807, 2.05) is 11.8 Å². The minimum Gasteiger partial charge on any atom is -0.506 e. The highest BCUT2D eigenvalue weighted by molar-refractivity contribution is 8.01. The smallest absolute Gasteiger partial charge is 0.271 e. The van der Waals surface area contributed by atoms with Gasteiger partial charge >= 0.3 is 0 Å². The number of phenols is 1. The lowest BCUT2D eigenvalue weighted by Gasteiger charge is -2.29. The molecule has 1 aromatic carbocycles. The molecule has 1 amide bonds. The lowest BCUT2D eigenvalue weighted by molar-refractivity contribution is -0.384. The van der Waals surface area contributed by atoms with Crippen LogP contribution in [0.3, 0.4) is 0 Å². The molecule has 1 aromatic heterocycles. The van der Waals surface area contributed by atoms with Crippen molar-refractivity contribution >= 4 is 40.8 Å². The van der Waals surface area contributed by atoms with Gasteiger partial charge in [-0.15, -0.1) is 11.8 Å². The molecule has 29 heavy (non-hydrogen) atoms. The molecule has 0 bridgehead atoms. The number of non-ortho nitro benzene ring substituents is 1. The van der Waals surface area contributed by atoms with E-state index in [2.05, 4.69) is 22.2 Å². The summed E-state index contributed by atoms with van der Waals surface area (Å²) in [6.45, 7) is 2.29. The van der Waals surface area contributed by atoms with E-state index >= 15 is 0 Å². The first kappa shape index (κ1) is 20.0. The van der Waals surface area contributed by atoms with Crippen LogP contribution in [0.1, 0.15) is 37.7 Å². The van der Waals surface area contributed by atoms with Crippen LogP contribution in [0.2, 0.25) is 0 Å². The molecule has 3 atom stereocenters. The molecule has 1 fully saturated rings. The van der Waals surface area contributed by atoms with Gasteiger partial charge in [0, 0.05) is 28.9 Å². The number of anilines is 1. The number of nitro benzene ring substituents is 1. The number of hydrogen-bond donors (Lipinski definition) is 2. The van der Waals surface area contributed by atoms with Gasteiger partial charge in [-0.1, -0.05) is 25.1 Å². The predicted molar refractivity (Wildman–Crippen MR) is 112 cm³/mol. The van der Waals surface area contributed by atoms with Gasteiger partial charge in [0.2, 0.25) is 5.91 Å². The number of phenolic OH excluding ortho intramolecular Hbond substituents is 1. The SMILES string of the molecule is CC1CCC2c3c(SCC(=O)Nc4cc([N+](=O)[O-])ccc4O)ncnc3SC2C1. The fraction of sp³-hybridized carbons (Fsp3) is 0.421. The third-order valence-electron chi connectivity index (χ3n) is 5.30. The molecule has 10 heteroatoms. The first-order valence-electron chi connectivity index (χ1n) is 9.34. The molecule has 2 N–H and O–H groups in total. The molecule has 8 nitrogen and oxygen atoms in total. The second-order valence-corrected chi connectivity index (χ2v) is 9.57. The molecule has 1 aliphatic carbocycles. The molecule has 0 spiro atoms. The molecule has 2 aromatic rings. The summed E-state index contributed by atoms with van der Waals surface area (Å²) in [5, 5.41) is 25.7. The van der Waals surface area contributed by atoms with Crippen molar-refractivity contribution in [3.63, 3.8) is 0 Å². The van der Waals surface area contributed by atoms with E-state index in [4.69, 9.17) is 0 Å². The van der Waals surface area contributed by atoms with Crippen LogP contribution in [0, 0.1) is 16.0 Å². The molecule has 4 rings (SSSR count). The number of nitrogens with one attached hydrogen (secondary N) is 1. The van der Waals surface area contributed by atoms with Crippen molar-refractivity contribution in [3.05, 3.63) is 40.2 Å². The Balaban J connectivity index is 1.45. The highest BCUT2D eigenvalue weighted by atomic mass is 32.2. The molecule has 1 saturated carbocycles. The van der Waals surface area contributed by atoms with Crippen molar-refractivity contribution < 1.29 is 14.8 Å². The number of aromatic hydroxyl groups is 1. The van der Waals surface area contributed by atoms with Crippen LogP contribution in [-0.4, -0.2) is 36.9 Å². The third kappa shape index (κ3) is 4.18. The molecule has 0 radical (unpaired) electrons. The Bertz CT molecular complexity index is 971. The Morgan fingerprint density at radius 2 is 2.24 bits per heavy atom. The number of carbonyl (C=O) groups is 1. The zero-order valence-electron chi connectivity index (χ0n) is 15.7. The largest absolute Gasteiger partial charge is 0.506 e. The molecular weight excluding hydrogens is 412 g/mol. The van der Waals surface area contributed by atoms with Gasteiger partial charge in [-0.3, -0.25) is 14.9 Å². The summed E-state index contributed by atoms with van der Waals surface area (Å²) >= 11 is 3.15. The predicted octanol–water partition coefficient (Wildman–Crippen LogP) is 4.20. The van der Waals surface area contributed by atoms with Crippen molar-refractivity contribution in [3.8, 4) is 5.75 Å². The molecule has 2 heterocycles. The maximum Gasteiger partial charge on any atom is 0.271 e. The summed E-state index contributed by atoms with van der Waals surface area (Å²) in [5.41, 5.74) is 0.981. The minimum absolute atomic E-state index is 0.0228. The van der Waals surface area contributed by atoms with E-state index in [-0.39, 0.29) is 28.8 Å². The second kappa shape index (κ2) is 8.19. The Morgan fingerprint density at radius 1 is 1.41 bits per heavy atom. The highest BCUT2D eigenvalue weighted by Gasteiger charge is 2.40. The summed E-state index contributed by atoms with van der Waals surface area (Å²) in [5.74, 6) is 0.656. The molecule has 3 unspecified atom stereocenters.